The summed E-state index contributed by atoms with van der Waals surface area (Å²) in [5.74, 6) is -0.0632. The van der Waals surface area contributed by atoms with Crippen molar-refractivity contribution in [2.24, 2.45) is 0 Å². The highest BCUT2D eigenvalue weighted by molar-refractivity contribution is 7.10. The number of amides is 1. The largest absolute Gasteiger partial charge is 0.371 e. The quantitative estimate of drug-likeness (QED) is 0.915. The van der Waals surface area contributed by atoms with Gasteiger partial charge in [-0.15, -0.1) is 11.3 Å². The standard InChI is InChI=1S/C17H23N3O2S/c1-3-20-11-13(10-18-20)16-14(6-4-8-22-16)19-17(21)12(2)15-7-5-9-23-15/h5,7,9-12,14,16H,3-4,6,8H2,1-2H3,(H,19,21)/t12-,14-,16+/m0/s1. The first-order valence-corrected chi connectivity index (χ1v) is 9.04. The number of nitrogens with one attached hydrogen (secondary N) is 1. The van der Waals surface area contributed by atoms with Crippen molar-refractivity contribution in [3.8, 4) is 0 Å². The normalized spacial score (nSPS) is 22.7. The van der Waals surface area contributed by atoms with Crippen LogP contribution in [0.5, 0.6) is 0 Å². The first kappa shape index (κ1) is 16.2. The van der Waals surface area contributed by atoms with Crippen molar-refractivity contribution < 1.29 is 9.53 Å². The number of rotatable bonds is 5. The molecule has 3 heterocycles. The number of carbonyl (C=O) groups excluding carboxylic acids is 1. The van der Waals surface area contributed by atoms with Gasteiger partial charge in [-0.3, -0.25) is 9.48 Å². The summed E-state index contributed by atoms with van der Waals surface area (Å²) in [6.45, 7) is 5.57. The highest BCUT2D eigenvalue weighted by Crippen LogP contribution is 2.29. The van der Waals surface area contributed by atoms with Crippen LogP contribution in [-0.2, 0) is 16.1 Å². The summed E-state index contributed by atoms with van der Waals surface area (Å²) in [4.78, 5) is 13.7. The van der Waals surface area contributed by atoms with Crippen LogP contribution in [0.15, 0.2) is 29.9 Å². The van der Waals surface area contributed by atoms with E-state index >= 15 is 0 Å². The second-order valence-electron chi connectivity index (χ2n) is 5.92. The minimum absolute atomic E-state index is 0.00756. The third-order valence-electron chi connectivity index (χ3n) is 4.32. The maximum Gasteiger partial charge on any atom is 0.228 e. The molecule has 0 radical (unpaired) electrons. The van der Waals surface area contributed by atoms with Crippen molar-refractivity contribution >= 4 is 17.2 Å². The van der Waals surface area contributed by atoms with Crippen LogP contribution >= 0.6 is 11.3 Å². The van der Waals surface area contributed by atoms with Gasteiger partial charge in [-0.05, 0) is 38.1 Å². The fourth-order valence-corrected chi connectivity index (χ4v) is 3.71. The van der Waals surface area contributed by atoms with E-state index in [0.717, 1.165) is 36.4 Å². The van der Waals surface area contributed by atoms with Crippen molar-refractivity contribution in [3.05, 3.63) is 40.3 Å². The molecule has 1 amide bonds. The molecule has 0 aromatic carbocycles. The van der Waals surface area contributed by atoms with Crippen molar-refractivity contribution in [1.82, 2.24) is 15.1 Å². The van der Waals surface area contributed by atoms with Gasteiger partial charge in [0.25, 0.3) is 0 Å². The fourth-order valence-electron chi connectivity index (χ4n) is 2.93. The summed E-state index contributed by atoms with van der Waals surface area (Å²) in [5, 5.41) is 9.52. The van der Waals surface area contributed by atoms with Crippen LogP contribution in [0, 0.1) is 0 Å². The lowest BCUT2D eigenvalue weighted by Crippen LogP contribution is -2.44. The average Bonchev–Trinajstić information content (AvgIpc) is 3.26. The predicted molar refractivity (Wildman–Crippen MR) is 90.5 cm³/mol. The smallest absolute Gasteiger partial charge is 0.228 e. The molecule has 2 aromatic rings. The van der Waals surface area contributed by atoms with Crippen molar-refractivity contribution in [2.45, 2.75) is 51.3 Å². The van der Waals surface area contributed by atoms with E-state index in [0.29, 0.717) is 0 Å². The van der Waals surface area contributed by atoms with E-state index < -0.39 is 0 Å². The summed E-state index contributed by atoms with van der Waals surface area (Å²) in [6.07, 6.45) is 5.66. The molecule has 0 bridgehead atoms. The number of carbonyl (C=O) groups is 1. The Morgan fingerprint density at radius 2 is 2.48 bits per heavy atom. The number of thiophene rings is 1. The van der Waals surface area contributed by atoms with Crippen LogP contribution in [0.4, 0.5) is 0 Å². The Bertz CT molecular complexity index is 638. The maximum atomic E-state index is 12.6. The van der Waals surface area contributed by atoms with Gasteiger partial charge in [0.1, 0.15) is 6.10 Å². The number of hydrogen-bond acceptors (Lipinski definition) is 4. The third-order valence-corrected chi connectivity index (χ3v) is 5.37. The molecule has 1 N–H and O–H groups in total. The van der Waals surface area contributed by atoms with Gasteiger partial charge in [0.05, 0.1) is 18.2 Å². The van der Waals surface area contributed by atoms with Gasteiger partial charge in [-0.1, -0.05) is 6.07 Å². The molecule has 0 saturated carbocycles. The first-order chi connectivity index (χ1) is 11.2. The number of hydrogen-bond donors (Lipinski definition) is 1. The lowest BCUT2D eigenvalue weighted by Gasteiger charge is -2.32. The van der Waals surface area contributed by atoms with Gasteiger partial charge >= 0.3 is 0 Å². The molecule has 5 nitrogen and oxygen atoms in total. The monoisotopic (exact) mass is 333 g/mol. The van der Waals surface area contributed by atoms with Crippen molar-refractivity contribution in [2.75, 3.05) is 6.61 Å². The van der Waals surface area contributed by atoms with E-state index in [9.17, 15) is 4.79 Å². The number of aryl methyl sites for hydroxylation is 1. The average molecular weight is 333 g/mol. The maximum absolute atomic E-state index is 12.6. The van der Waals surface area contributed by atoms with E-state index in [4.69, 9.17) is 4.74 Å². The van der Waals surface area contributed by atoms with Crippen LogP contribution < -0.4 is 5.32 Å². The molecule has 1 aliphatic heterocycles. The van der Waals surface area contributed by atoms with E-state index in [1.54, 1.807) is 11.3 Å². The van der Waals surface area contributed by atoms with Gasteiger partial charge in [-0.2, -0.15) is 5.10 Å². The van der Waals surface area contributed by atoms with Crippen LogP contribution in [-0.4, -0.2) is 28.3 Å². The Labute approximate surface area is 140 Å². The molecule has 0 unspecified atom stereocenters. The van der Waals surface area contributed by atoms with Crippen LogP contribution in [0.2, 0.25) is 0 Å². The predicted octanol–water partition coefficient (Wildman–Crippen LogP) is 3.10. The van der Waals surface area contributed by atoms with Crippen LogP contribution in [0.25, 0.3) is 0 Å². The zero-order chi connectivity index (χ0) is 16.2. The van der Waals surface area contributed by atoms with Gasteiger partial charge in [0.15, 0.2) is 0 Å². The summed E-state index contributed by atoms with van der Waals surface area (Å²) < 4.78 is 7.83. The molecule has 6 heteroatoms. The lowest BCUT2D eigenvalue weighted by molar-refractivity contribution is -0.125. The molecule has 23 heavy (non-hydrogen) atoms. The fraction of sp³-hybridized carbons (Fsp3) is 0.529. The van der Waals surface area contributed by atoms with E-state index in [2.05, 4.69) is 17.3 Å². The molecule has 1 fully saturated rings. The SMILES string of the molecule is CCn1cc([C@H]2OCCC[C@@H]2NC(=O)[C@@H](C)c2cccs2)cn1. The van der Waals surface area contributed by atoms with E-state index in [1.165, 1.54) is 0 Å². The molecular formula is C17H23N3O2S. The molecule has 124 valence electrons. The van der Waals surface area contributed by atoms with Gasteiger partial charge in [0, 0.05) is 29.8 Å². The zero-order valence-corrected chi connectivity index (χ0v) is 14.4. The van der Waals surface area contributed by atoms with Crippen molar-refractivity contribution in [1.29, 1.82) is 0 Å². The number of ether oxygens (including phenoxy) is 1. The van der Waals surface area contributed by atoms with Crippen molar-refractivity contribution in [3.63, 3.8) is 0 Å². The molecule has 1 aliphatic rings. The minimum atomic E-state index is -0.129. The molecule has 0 spiro atoms. The molecule has 3 atom stereocenters. The summed E-state index contributed by atoms with van der Waals surface area (Å²) in [5.41, 5.74) is 1.04. The van der Waals surface area contributed by atoms with E-state index in [-0.39, 0.29) is 24.0 Å². The zero-order valence-electron chi connectivity index (χ0n) is 13.6. The van der Waals surface area contributed by atoms with E-state index in [1.807, 2.05) is 41.5 Å². The molecular weight excluding hydrogens is 310 g/mol. The molecule has 3 rings (SSSR count). The second kappa shape index (κ2) is 7.27. The topological polar surface area (TPSA) is 56.1 Å². The highest BCUT2D eigenvalue weighted by atomic mass is 32.1. The Morgan fingerprint density at radius 3 is 3.17 bits per heavy atom. The summed E-state index contributed by atoms with van der Waals surface area (Å²) in [6, 6.07) is 4.00. The van der Waals surface area contributed by atoms with Gasteiger partial charge < -0.3 is 10.1 Å². The number of aromatic nitrogens is 2. The summed E-state index contributed by atoms with van der Waals surface area (Å²) in [7, 11) is 0. The Hall–Kier alpha value is -1.66. The first-order valence-electron chi connectivity index (χ1n) is 8.16. The highest BCUT2D eigenvalue weighted by Gasteiger charge is 2.31. The third kappa shape index (κ3) is 3.64. The Kier molecular flexibility index (Phi) is 5.13. The van der Waals surface area contributed by atoms with Crippen LogP contribution in [0.3, 0.4) is 0 Å². The second-order valence-corrected chi connectivity index (χ2v) is 6.89. The molecule has 0 aliphatic carbocycles. The molecule has 2 aromatic heterocycles. The van der Waals surface area contributed by atoms with Gasteiger partial charge in [-0.25, -0.2) is 0 Å². The van der Waals surface area contributed by atoms with Crippen LogP contribution in [0.1, 0.15) is 49.2 Å². The van der Waals surface area contributed by atoms with Gasteiger partial charge in [0.2, 0.25) is 5.91 Å². The Morgan fingerprint density at radius 1 is 1.61 bits per heavy atom. The minimum Gasteiger partial charge on any atom is -0.371 e. The molecule has 1 saturated heterocycles. The summed E-state index contributed by atoms with van der Waals surface area (Å²) >= 11 is 1.62. The number of nitrogens with zero attached hydrogens (tertiary/aromatic N) is 2. The Balaban J connectivity index is 1.70. The lowest BCUT2D eigenvalue weighted by atomic mass is 9.97.